The van der Waals surface area contributed by atoms with Gasteiger partial charge in [-0.05, 0) is 68.1 Å². The number of fused-ring (bicyclic) bond motifs is 3. The van der Waals surface area contributed by atoms with Crippen molar-refractivity contribution in [3.63, 3.8) is 0 Å². The van der Waals surface area contributed by atoms with Gasteiger partial charge in [0.05, 0.1) is 5.69 Å². The zero-order valence-corrected chi connectivity index (χ0v) is 18.4. The summed E-state index contributed by atoms with van der Waals surface area (Å²) >= 11 is 0. The number of aromatic nitrogens is 3. The Kier molecular flexibility index (Phi) is 8.26. The van der Waals surface area contributed by atoms with Crippen LogP contribution in [0.5, 0.6) is 0 Å². The first-order valence-electron chi connectivity index (χ1n) is 10.8. The first-order chi connectivity index (χ1) is 15.9. The number of benzene rings is 1. The van der Waals surface area contributed by atoms with Crippen molar-refractivity contribution < 1.29 is 24.2 Å². The van der Waals surface area contributed by atoms with Gasteiger partial charge in [-0.2, -0.15) is 5.10 Å². The van der Waals surface area contributed by atoms with Gasteiger partial charge in [0.1, 0.15) is 11.5 Å². The van der Waals surface area contributed by atoms with Gasteiger partial charge >= 0.3 is 5.97 Å². The van der Waals surface area contributed by atoms with E-state index in [9.17, 15) is 14.3 Å². The van der Waals surface area contributed by atoms with Crippen LogP contribution in [0.2, 0.25) is 0 Å². The van der Waals surface area contributed by atoms with E-state index in [2.05, 4.69) is 15.4 Å². The lowest BCUT2D eigenvalue weighted by Crippen LogP contribution is -2.21. The molecule has 174 valence electrons. The minimum Gasteiger partial charge on any atom is -0.481 e. The van der Waals surface area contributed by atoms with E-state index in [1.54, 1.807) is 23.0 Å². The second-order valence-electron chi connectivity index (χ2n) is 7.74. The van der Waals surface area contributed by atoms with Crippen LogP contribution in [0.4, 0.5) is 4.39 Å². The minimum atomic E-state index is -0.930. The zero-order chi connectivity index (χ0) is 23.8. The number of carboxylic acids is 2. The summed E-state index contributed by atoms with van der Waals surface area (Å²) in [5.74, 6) is -1.99. The van der Waals surface area contributed by atoms with Gasteiger partial charge in [0.25, 0.3) is 5.97 Å². The summed E-state index contributed by atoms with van der Waals surface area (Å²) in [6.07, 6.45) is 6.61. The first kappa shape index (κ1) is 24.1. The van der Waals surface area contributed by atoms with Crippen molar-refractivity contribution >= 4 is 11.9 Å². The fraction of sp³-hybridized carbons (Fsp3) is 0.333. The Morgan fingerprint density at radius 3 is 2.55 bits per heavy atom. The maximum absolute atomic E-state index is 12.9. The fourth-order valence-electron chi connectivity index (χ4n) is 3.83. The molecule has 0 aliphatic heterocycles. The molecular formula is C24H27FN4O4. The van der Waals surface area contributed by atoms with Gasteiger partial charge in [-0.25, -0.2) is 9.18 Å². The molecule has 1 aliphatic rings. The number of aromatic carboxylic acids is 1. The summed E-state index contributed by atoms with van der Waals surface area (Å²) in [6, 6.07) is 8.43. The van der Waals surface area contributed by atoms with Crippen LogP contribution in [0, 0.1) is 5.82 Å². The summed E-state index contributed by atoms with van der Waals surface area (Å²) in [7, 11) is 0. The maximum atomic E-state index is 12.9. The molecule has 0 saturated carbocycles. The Bertz CT molecular complexity index is 1110. The van der Waals surface area contributed by atoms with E-state index >= 15 is 0 Å². The van der Waals surface area contributed by atoms with Crippen molar-refractivity contribution in [3.8, 4) is 11.3 Å². The molecule has 0 spiro atoms. The topological polar surface area (TPSA) is 117 Å². The summed E-state index contributed by atoms with van der Waals surface area (Å²) in [5, 5.41) is 25.1. The Morgan fingerprint density at radius 1 is 1.12 bits per heavy atom. The average molecular weight is 455 g/mol. The van der Waals surface area contributed by atoms with Crippen molar-refractivity contribution in [2.45, 2.75) is 39.2 Å². The van der Waals surface area contributed by atoms with E-state index in [0.29, 0.717) is 18.7 Å². The predicted octanol–water partition coefficient (Wildman–Crippen LogP) is 3.19. The summed E-state index contributed by atoms with van der Waals surface area (Å²) in [6.45, 7) is 3.16. The lowest BCUT2D eigenvalue weighted by atomic mass is 9.90. The molecule has 1 aliphatic carbocycles. The van der Waals surface area contributed by atoms with Crippen molar-refractivity contribution in [1.82, 2.24) is 20.1 Å². The third-order valence-electron chi connectivity index (χ3n) is 5.28. The molecule has 2 heterocycles. The second kappa shape index (κ2) is 11.3. The summed E-state index contributed by atoms with van der Waals surface area (Å²) in [4.78, 5) is 25.0. The van der Waals surface area contributed by atoms with E-state index in [1.807, 2.05) is 12.3 Å². The first-order valence-corrected chi connectivity index (χ1v) is 10.8. The molecule has 2 aromatic heterocycles. The molecule has 0 saturated heterocycles. The van der Waals surface area contributed by atoms with Crippen LogP contribution >= 0.6 is 0 Å². The summed E-state index contributed by atoms with van der Waals surface area (Å²) in [5.41, 5.74) is 5.08. The smallest absolute Gasteiger partial charge is 0.354 e. The predicted molar refractivity (Wildman–Crippen MR) is 121 cm³/mol. The molecule has 0 bridgehead atoms. The van der Waals surface area contributed by atoms with Gasteiger partial charge in [0.2, 0.25) is 0 Å². The number of halogens is 1. The van der Waals surface area contributed by atoms with Crippen LogP contribution in [0.1, 0.15) is 40.5 Å². The molecule has 0 unspecified atom stereocenters. The van der Waals surface area contributed by atoms with Gasteiger partial charge in [0.15, 0.2) is 0 Å². The quantitative estimate of drug-likeness (QED) is 0.448. The molecule has 0 fully saturated rings. The Hall–Kier alpha value is -3.59. The van der Waals surface area contributed by atoms with E-state index in [4.69, 9.17) is 9.90 Å². The van der Waals surface area contributed by atoms with E-state index < -0.39 is 11.9 Å². The number of rotatable bonds is 8. The van der Waals surface area contributed by atoms with Crippen LogP contribution < -0.4 is 5.32 Å². The molecule has 3 N–H and O–H groups in total. The standard InChI is InChI=1S/C22H23FN4O2.C2H4O2/c23-17-5-2-15(3-6-17)8-11-24-10-1-13-27-21(22(28)29)19-7-4-16-14-25-12-9-18(16)20(19)26-27;1-2(3)4/h2-3,5-6,9,12,14,24H,1,4,7-8,10-11,13H2,(H,28,29);1H3,(H,3,4). The van der Waals surface area contributed by atoms with Gasteiger partial charge in [-0.1, -0.05) is 12.1 Å². The van der Waals surface area contributed by atoms with Crippen molar-refractivity contribution in [2.24, 2.45) is 0 Å². The highest BCUT2D eigenvalue weighted by atomic mass is 19.1. The number of hydrogen-bond donors (Lipinski definition) is 3. The Labute approximate surface area is 191 Å². The minimum absolute atomic E-state index is 0.225. The largest absolute Gasteiger partial charge is 0.481 e. The highest BCUT2D eigenvalue weighted by Gasteiger charge is 2.27. The number of nitrogens with zero attached hydrogens (tertiary/aromatic N) is 3. The molecule has 0 atom stereocenters. The molecule has 0 radical (unpaired) electrons. The number of hydrogen-bond acceptors (Lipinski definition) is 5. The van der Waals surface area contributed by atoms with Gasteiger partial charge < -0.3 is 15.5 Å². The maximum Gasteiger partial charge on any atom is 0.354 e. The van der Waals surface area contributed by atoms with Crippen LogP contribution in [0.25, 0.3) is 11.3 Å². The summed E-state index contributed by atoms with van der Waals surface area (Å²) < 4.78 is 14.6. The van der Waals surface area contributed by atoms with Gasteiger partial charge in [-0.3, -0.25) is 14.5 Å². The molecule has 9 heteroatoms. The normalized spacial score (nSPS) is 11.7. The van der Waals surface area contributed by atoms with Crippen molar-refractivity contribution in [2.75, 3.05) is 13.1 Å². The van der Waals surface area contributed by atoms with Crippen LogP contribution in [0.3, 0.4) is 0 Å². The average Bonchev–Trinajstić information content (AvgIpc) is 3.16. The molecule has 3 aromatic rings. The monoisotopic (exact) mass is 454 g/mol. The lowest BCUT2D eigenvalue weighted by Gasteiger charge is -2.14. The molecular weight excluding hydrogens is 427 g/mol. The number of carbonyl (C=O) groups is 2. The zero-order valence-electron chi connectivity index (χ0n) is 18.4. The van der Waals surface area contributed by atoms with Crippen molar-refractivity contribution in [3.05, 3.63) is 70.9 Å². The Morgan fingerprint density at radius 2 is 1.85 bits per heavy atom. The van der Waals surface area contributed by atoms with Crippen molar-refractivity contribution in [1.29, 1.82) is 0 Å². The Balaban J connectivity index is 0.000000709. The molecule has 4 rings (SSSR count). The number of aliphatic carboxylic acids is 1. The van der Waals surface area contributed by atoms with E-state index in [0.717, 1.165) is 67.2 Å². The van der Waals surface area contributed by atoms with Crippen LogP contribution in [-0.2, 0) is 30.6 Å². The highest BCUT2D eigenvalue weighted by molar-refractivity contribution is 5.90. The van der Waals surface area contributed by atoms with Crippen LogP contribution in [-0.4, -0.2) is 50.0 Å². The number of nitrogens with one attached hydrogen (secondary N) is 1. The van der Waals surface area contributed by atoms with E-state index in [-0.39, 0.29) is 5.82 Å². The third-order valence-corrected chi connectivity index (χ3v) is 5.28. The molecule has 33 heavy (non-hydrogen) atoms. The SMILES string of the molecule is CC(=O)O.O=C(O)c1c2c(nn1CCCNCCc1ccc(F)cc1)-c1ccncc1CC2. The third kappa shape index (κ3) is 6.45. The van der Waals surface area contributed by atoms with Gasteiger partial charge in [0, 0.05) is 37.0 Å². The molecule has 1 aromatic carbocycles. The number of pyridine rings is 1. The second-order valence-corrected chi connectivity index (χ2v) is 7.74. The fourth-order valence-corrected chi connectivity index (χ4v) is 3.83. The van der Waals surface area contributed by atoms with Gasteiger partial charge in [-0.15, -0.1) is 0 Å². The van der Waals surface area contributed by atoms with Crippen LogP contribution in [0.15, 0.2) is 42.7 Å². The number of carboxylic acid groups (broad SMARTS) is 2. The number of aryl methyl sites for hydroxylation is 2. The molecule has 8 nitrogen and oxygen atoms in total. The highest BCUT2D eigenvalue weighted by Crippen LogP contribution is 2.34. The molecule has 0 amide bonds. The van der Waals surface area contributed by atoms with E-state index in [1.165, 1.54) is 12.1 Å². The lowest BCUT2D eigenvalue weighted by molar-refractivity contribution is -0.134.